The lowest BCUT2D eigenvalue weighted by Gasteiger charge is -2.27. The number of hydrogen-bond donors (Lipinski definition) is 1. The van der Waals surface area contributed by atoms with E-state index < -0.39 is 5.41 Å². The molecule has 0 saturated heterocycles. The fraction of sp³-hybridized carbons (Fsp3) is 0.364. The maximum atomic E-state index is 12.9. The van der Waals surface area contributed by atoms with Crippen molar-refractivity contribution < 1.29 is 18.7 Å². The number of carbonyl (C=O) groups is 2. The molecule has 1 N–H and O–H groups in total. The Kier molecular flexibility index (Phi) is 6.68. The molecule has 0 unspecified atom stereocenters. The molecule has 1 fully saturated rings. The van der Waals surface area contributed by atoms with Crippen molar-refractivity contribution in [1.29, 1.82) is 0 Å². The summed E-state index contributed by atoms with van der Waals surface area (Å²) in [5.74, 6) is -0.998. The van der Waals surface area contributed by atoms with Gasteiger partial charge in [-0.3, -0.25) is 9.59 Å². The molecule has 0 radical (unpaired) electrons. The first-order valence-electron chi connectivity index (χ1n) is 9.44. The molecule has 2 aromatic carbocycles. The van der Waals surface area contributed by atoms with Crippen molar-refractivity contribution in [3.63, 3.8) is 0 Å². The average Bonchev–Trinajstić information content (AvgIpc) is 3.19. The van der Waals surface area contributed by atoms with Gasteiger partial charge in [0.25, 0.3) is 5.91 Å². The van der Waals surface area contributed by atoms with Crippen molar-refractivity contribution in [3.05, 3.63) is 70.5 Å². The SMILES string of the molecule is O=C(COC(=O)C1(c2ccc(Cl)cc2)CCCC1)NCCc1ccc(F)cc1. The largest absolute Gasteiger partial charge is 0.455 e. The van der Waals surface area contributed by atoms with Crippen LogP contribution in [0.5, 0.6) is 0 Å². The number of esters is 1. The minimum absolute atomic E-state index is 0.291. The number of benzene rings is 2. The topological polar surface area (TPSA) is 55.4 Å². The van der Waals surface area contributed by atoms with Crippen molar-refractivity contribution >= 4 is 23.5 Å². The molecule has 1 amide bonds. The fourth-order valence-corrected chi connectivity index (χ4v) is 3.80. The van der Waals surface area contributed by atoms with Gasteiger partial charge in [-0.25, -0.2) is 4.39 Å². The van der Waals surface area contributed by atoms with Crippen LogP contribution in [0.1, 0.15) is 36.8 Å². The third kappa shape index (κ3) is 4.90. The predicted octanol–water partition coefficient (Wildman–Crippen LogP) is 4.19. The molecule has 1 aliphatic rings. The highest BCUT2D eigenvalue weighted by molar-refractivity contribution is 6.30. The highest BCUT2D eigenvalue weighted by atomic mass is 35.5. The second kappa shape index (κ2) is 9.20. The summed E-state index contributed by atoms with van der Waals surface area (Å²) < 4.78 is 18.3. The van der Waals surface area contributed by atoms with Gasteiger partial charge >= 0.3 is 5.97 Å². The minimum Gasteiger partial charge on any atom is -0.455 e. The Morgan fingerprint density at radius 3 is 2.32 bits per heavy atom. The number of rotatable bonds is 7. The summed E-state index contributed by atoms with van der Waals surface area (Å²) in [7, 11) is 0. The minimum atomic E-state index is -0.695. The van der Waals surface area contributed by atoms with Crippen LogP contribution in [0.2, 0.25) is 5.02 Å². The molecule has 6 heteroatoms. The van der Waals surface area contributed by atoms with Gasteiger partial charge in [0.05, 0.1) is 5.41 Å². The number of nitrogens with one attached hydrogen (secondary N) is 1. The second-order valence-electron chi connectivity index (χ2n) is 7.10. The fourth-order valence-electron chi connectivity index (χ4n) is 3.68. The third-order valence-electron chi connectivity index (χ3n) is 5.23. The van der Waals surface area contributed by atoms with Crippen LogP contribution in [0.25, 0.3) is 0 Å². The van der Waals surface area contributed by atoms with Gasteiger partial charge in [-0.1, -0.05) is 48.7 Å². The van der Waals surface area contributed by atoms with E-state index in [0.29, 0.717) is 30.8 Å². The molecule has 0 spiro atoms. The Balaban J connectivity index is 1.51. The smallest absolute Gasteiger partial charge is 0.317 e. The number of hydrogen-bond acceptors (Lipinski definition) is 3. The van der Waals surface area contributed by atoms with Crippen LogP contribution in [0.3, 0.4) is 0 Å². The number of amides is 1. The highest BCUT2D eigenvalue weighted by Crippen LogP contribution is 2.42. The molecule has 3 rings (SSSR count). The van der Waals surface area contributed by atoms with E-state index in [0.717, 1.165) is 24.0 Å². The van der Waals surface area contributed by atoms with Gasteiger partial charge in [0.2, 0.25) is 0 Å². The maximum Gasteiger partial charge on any atom is 0.317 e. The Hall–Kier alpha value is -2.40. The molecule has 1 aliphatic carbocycles. The molecule has 0 atom stereocenters. The normalized spacial score (nSPS) is 15.2. The van der Waals surface area contributed by atoms with Crippen LogP contribution in [0, 0.1) is 5.82 Å². The molecule has 0 aliphatic heterocycles. The molecule has 0 heterocycles. The van der Waals surface area contributed by atoms with Crippen LogP contribution in [-0.4, -0.2) is 25.0 Å². The zero-order valence-corrected chi connectivity index (χ0v) is 16.3. The van der Waals surface area contributed by atoms with Crippen LogP contribution in [0.15, 0.2) is 48.5 Å². The van der Waals surface area contributed by atoms with E-state index in [1.165, 1.54) is 12.1 Å². The second-order valence-corrected chi connectivity index (χ2v) is 7.54. The monoisotopic (exact) mass is 403 g/mol. The Morgan fingerprint density at radius 1 is 1.04 bits per heavy atom. The van der Waals surface area contributed by atoms with Gasteiger partial charge in [-0.2, -0.15) is 0 Å². The van der Waals surface area contributed by atoms with E-state index >= 15 is 0 Å². The average molecular weight is 404 g/mol. The number of carbonyl (C=O) groups excluding carboxylic acids is 2. The van der Waals surface area contributed by atoms with E-state index in [1.807, 2.05) is 12.1 Å². The Morgan fingerprint density at radius 2 is 1.68 bits per heavy atom. The van der Waals surface area contributed by atoms with Crippen LogP contribution in [-0.2, 0) is 26.2 Å². The van der Waals surface area contributed by atoms with Gasteiger partial charge in [-0.05, 0) is 54.7 Å². The molecular weight excluding hydrogens is 381 g/mol. The summed E-state index contributed by atoms with van der Waals surface area (Å²) in [6.45, 7) is 0.0853. The van der Waals surface area contributed by atoms with Crippen molar-refractivity contribution in [3.8, 4) is 0 Å². The Labute approximate surface area is 169 Å². The molecule has 28 heavy (non-hydrogen) atoms. The van der Waals surface area contributed by atoms with Gasteiger partial charge in [0.15, 0.2) is 6.61 Å². The summed E-state index contributed by atoms with van der Waals surface area (Å²) in [5, 5.41) is 3.34. The van der Waals surface area contributed by atoms with Crippen molar-refractivity contribution in [2.24, 2.45) is 0 Å². The predicted molar refractivity (Wildman–Crippen MR) is 106 cm³/mol. The third-order valence-corrected chi connectivity index (χ3v) is 5.48. The molecular formula is C22H23ClFNO3. The lowest BCUT2D eigenvalue weighted by atomic mass is 9.79. The summed E-state index contributed by atoms with van der Waals surface area (Å²) in [5.41, 5.74) is 1.11. The first-order chi connectivity index (χ1) is 13.5. The van der Waals surface area contributed by atoms with E-state index in [1.54, 1.807) is 24.3 Å². The lowest BCUT2D eigenvalue weighted by Crippen LogP contribution is -2.38. The summed E-state index contributed by atoms with van der Waals surface area (Å²) in [6, 6.07) is 13.4. The van der Waals surface area contributed by atoms with Crippen molar-refractivity contribution in [1.82, 2.24) is 5.32 Å². The molecule has 0 aromatic heterocycles. The van der Waals surface area contributed by atoms with Crippen LogP contribution < -0.4 is 5.32 Å². The van der Waals surface area contributed by atoms with Gasteiger partial charge < -0.3 is 10.1 Å². The molecule has 1 saturated carbocycles. The zero-order valence-electron chi connectivity index (χ0n) is 15.5. The summed E-state index contributed by atoms with van der Waals surface area (Å²) in [4.78, 5) is 24.8. The number of halogens is 2. The summed E-state index contributed by atoms with van der Waals surface area (Å²) in [6.07, 6.45) is 3.89. The quantitative estimate of drug-likeness (QED) is 0.705. The first-order valence-corrected chi connectivity index (χ1v) is 9.82. The van der Waals surface area contributed by atoms with Gasteiger partial charge in [0, 0.05) is 11.6 Å². The first kappa shape index (κ1) is 20.3. The van der Waals surface area contributed by atoms with Crippen molar-refractivity contribution in [2.45, 2.75) is 37.5 Å². The van der Waals surface area contributed by atoms with E-state index in [9.17, 15) is 14.0 Å². The molecule has 0 bridgehead atoms. The molecule has 4 nitrogen and oxygen atoms in total. The molecule has 2 aromatic rings. The van der Waals surface area contributed by atoms with Gasteiger partial charge in [0.1, 0.15) is 5.82 Å². The van der Waals surface area contributed by atoms with Gasteiger partial charge in [-0.15, -0.1) is 0 Å². The van der Waals surface area contributed by atoms with Crippen LogP contribution in [0.4, 0.5) is 4.39 Å². The zero-order chi connectivity index (χ0) is 20.0. The van der Waals surface area contributed by atoms with E-state index in [-0.39, 0.29) is 24.3 Å². The molecule has 148 valence electrons. The Bertz CT molecular complexity index is 815. The lowest BCUT2D eigenvalue weighted by molar-refractivity contribution is -0.154. The van der Waals surface area contributed by atoms with E-state index in [4.69, 9.17) is 16.3 Å². The maximum absolute atomic E-state index is 12.9. The highest BCUT2D eigenvalue weighted by Gasteiger charge is 2.44. The van der Waals surface area contributed by atoms with Crippen molar-refractivity contribution in [2.75, 3.05) is 13.2 Å². The standard InChI is InChI=1S/C22H23ClFNO3/c23-18-7-5-17(6-8-18)22(12-1-2-13-22)21(27)28-15-20(26)25-14-11-16-3-9-19(24)10-4-16/h3-10H,1-2,11-15H2,(H,25,26). The number of ether oxygens (including phenoxy) is 1. The van der Waals surface area contributed by atoms with E-state index in [2.05, 4.69) is 5.32 Å². The van der Waals surface area contributed by atoms with Crippen LogP contribution >= 0.6 is 11.6 Å². The summed E-state index contributed by atoms with van der Waals surface area (Å²) >= 11 is 5.96.